The van der Waals surface area contributed by atoms with Crippen LogP contribution in [0.1, 0.15) is 30.8 Å². The normalized spacial score (nSPS) is 14.7. The molecule has 0 aliphatic carbocycles. The molecule has 0 spiro atoms. The predicted octanol–water partition coefficient (Wildman–Crippen LogP) is 2.49. The number of anilines is 2. The second-order valence-corrected chi connectivity index (χ2v) is 9.79. The fraction of sp³-hybridized carbons (Fsp3) is 0.409. The number of fused-ring (bicyclic) bond motifs is 2. The molecule has 32 heavy (non-hydrogen) atoms. The van der Waals surface area contributed by atoms with Crippen molar-refractivity contribution in [3.63, 3.8) is 0 Å². The molecule has 4 rings (SSSR count). The summed E-state index contributed by atoms with van der Waals surface area (Å²) in [5.41, 5.74) is 1.76. The van der Waals surface area contributed by atoms with Gasteiger partial charge in [0.15, 0.2) is 11.6 Å². The van der Waals surface area contributed by atoms with E-state index < -0.39 is 10.0 Å². The van der Waals surface area contributed by atoms with Crippen LogP contribution in [0.25, 0.3) is 11.0 Å². The Balaban J connectivity index is 1.78. The first-order valence-corrected chi connectivity index (χ1v) is 12.2. The van der Waals surface area contributed by atoms with Crippen LogP contribution in [-0.2, 0) is 17.1 Å². The van der Waals surface area contributed by atoms with Crippen molar-refractivity contribution in [1.82, 2.24) is 18.8 Å². The summed E-state index contributed by atoms with van der Waals surface area (Å²) in [6, 6.07) is 9.02. The number of benzene rings is 1. The highest BCUT2D eigenvalue weighted by molar-refractivity contribution is 7.89. The fourth-order valence-corrected chi connectivity index (χ4v) is 5.56. The van der Waals surface area contributed by atoms with E-state index in [1.807, 2.05) is 36.2 Å². The number of sulfonamides is 1. The van der Waals surface area contributed by atoms with Gasteiger partial charge >= 0.3 is 0 Å². The van der Waals surface area contributed by atoms with Crippen LogP contribution in [0.3, 0.4) is 0 Å². The van der Waals surface area contributed by atoms with E-state index >= 15 is 0 Å². The highest BCUT2D eigenvalue weighted by Gasteiger charge is 2.31. The summed E-state index contributed by atoms with van der Waals surface area (Å²) in [4.78, 5) is 26.9. The Morgan fingerprint density at radius 2 is 1.66 bits per heavy atom. The Kier molecular flexibility index (Phi) is 5.91. The van der Waals surface area contributed by atoms with Crippen LogP contribution >= 0.6 is 0 Å². The van der Waals surface area contributed by atoms with Crippen LogP contribution in [-0.4, -0.2) is 66.4 Å². The summed E-state index contributed by atoms with van der Waals surface area (Å²) in [6.07, 6.45) is 2.24. The maximum Gasteiger partial charge on any atom is 0.276 e. The van der Waals surface area contributed by atoms with Gasteiger partial charge in [0.2, 0.25) is 10.0 Å². The molecule has 0 unspecified atom stereocenters. The summed E-state index contributed by atoms with van der Waals surface area (Å²) >= 11 is 0. The number of para-hydroxylation sites is 2. The van der Waals surface area contributed by atoms with Gasteiger partial charge in [0.25, 0.3) is 5.91 Å². The molecule has 0 bridgehead atoms. The van der Waals surface area contributed by atoms with Crippen LogP contribution in [0.4, 0.5) is 11.6 Å². The zero-order valence-electron chi connectivity index (χ0n) is 18.8. The maximum atomic E-state index is 13.6. The first-order chi connectivity index (χ1) is 15.3. The minimum absolute atomic E-state index is 0.115. The van der Waals surface area contributed by atoms with Gasteiger partial charge in [0, 0.05) is 46.5 Å². The van der Waals surface area contributed by atoms with Gasteiger partial charge in [-0.05, 0) is 24.6 Å². The molecule has 2 aromatic heterocycles. The summed E-state index contributed by atoms with van der Waals surface area (Å²) < 4.78 is 28.9. The standard InChI is InChI=1S/C22H28N6O3S/c1-5-27(6-2)32(30,31)16-14-19(26(4)15-16)22(29)28-13-9-12-25(3)20-21(28)24-18-11-8-7-10-17(18)23-20/h7-8,10-11,14-15H,5-6,9,12-13H2,1-4H3. The van der Waals surface area contributed by atoms with Crippen molar-refractivity contribution < 1.29 is 13.2 Å². The number of rotatable bonds is 5. The second kappa shape index (κ2) is 8.51. The number of hydrogen-bond donors (Lipinski definition) is 0. The summed E-state index contributed by atoms with van der Waals surface area (Å²) in [5.74, 6) is 0.831. The maximum absolute atomic E-state index is 13.6. The third-order valence-electron chi connectivity index (χ3n) is 5.81. The zero-order chi connectivity index (χ0) is 23.0. The Morgan fingerprint density at radius 1 is 1.03 bits per heavy atom. The number of aryl methyl sites for hydroxylation is 1. The van der Waals surface area contributed by atoms with E-state index in [1.165, 1.54) is 16.6 Å². The Labute approximate surface area is 188 Å². The van der Waals surface area contributed by atoms with Crippen LogP contribution in [0.2, 0.25) is 0 Å². The molecule has 0 fully saturated rings. The molecule has 0 atom stereocenters. The van der Waals surface area contributed by atoms with Crippen LogP contribution in [0.15, 0.2) is 41.4 Å². The fourth-order valence-electron chi connectivity index (χ4n) is 4.03. The lowest BCUT2D eigenvalue weighted by atomic mass is 10.3. The second-order valence-electron chi connectivity index (χ2n) is 7.85. The van der Waals surface area contributed by atoms with E-state index in [0.29, 0.717) is 42.5 Å². The number of amides is 1. The number of aromatic nitrogens is 3. The van der Waals surface area contributed by atoms with Gasteiger partial charge < -0.3 is 9.47 Å². The molecule has 10 heteroatoms. The Morgan fingerprint density at radius 3 is 2.28 bits per heavy atom. The lowest BCUT2D eigenvalue weighted by molar-refractivity contribution is 0.0978. The third kappa shape index (κ3) is 3.73. The molecule has 3 heterocycles. The minimum Gasteiger partial charge on any atom is -0.357 e. The van der Waals surface area contributed by atoms with E-state index in [0.717, 1.165) is 18.5 Å². The van der Waals surface area contributed by atoms with Crippen LogP contribution in [0.5, 0.6) is 0 Å². The lowest BCUT2D eigenvalue weighted by Crippen LogP contribution is -2.33. The molecular formula is C22H28N6O3S. The lowest BCUT2D eigenvalue weighted by Gasteiger charge is -2.23. The summed E-state index contributed by atoms with van der Waals surface area (Å²) in [7, 11) is -0.0429. The van der Waals surface area contributed by atoms with E-state index in [-0.39, 0.29) is 10.8 Å². The van der Waals surface area contributed by atoms with Gasteiger partial charge in [0.1, 0.15) is 10.6 Å². The Hall–Kier alpha value is -2.98. The van der Waals surface area contributed by atoms with E-state index in [1.54, 1.807) is 30.4 Å². The molecule has 1 aromatic carbocycles. The first-order valence-electron chi connectivity index (χ1n) is 10.7. The first kappa shape index (κ1) is 22.2. The Bertz CT molecular complexity index is 1270. The van der Waals surface area contributed by atoms with Crippen molar-refractivity contribution in [3.05, 3.63) is 42.2 Å². The molecule has 170 valence electrons. The molecule has 0 saturated carbocycles. The van der Waals surface area contributed by atoms with Gasteiger partial charge in [-0.25, -0.2) is 18.4 Å². The van der Waals surface area contributed by atoms with Crippen molar-refractivity contribution >= 4 is 38.6 Å². The smallest absolute Gasteiger partial charge is 0.276 e. The molecule has 0 N–H and O–H groups in total. The topological polar surface area (TPSA) is 91.6 Å². The number of hydrogen-bond acceptors (Lipinski definition) is 6. The summed E-state index contributed by atoms with van der Waals surface area (Å²) in [6.45, 7) is 5.52. The van der Waals surface area contributed by atoms with E-state index in [9.17, 15) is 13.2 Å². The minimum atomic E-state index is -3.67. The van der Waals surface area contributed by atoms with Gasteiger partial charge in [0.05, 0.1) is 11.0 Å². The largest absolute Gasteiger partial charge is 0.357 e. The van der Waals surface area contributed by atoms with Crippen molar-refractivity contribution in [3.8, 4) is 0 Å². The highest BCUT2D eigenvalue weighted by Crippen LogP contribution is 2.31. The third-order valence-corrected chi connectivity index (χ3v) is 7.83. The van der Waals surface area contributed by atoms with Gasteiger partial charge in [-0.2, -0.15) is 4.31 Å². The molecule has 0 saturated heterocycles. The van der Waals surface area contributed by atoms with E-state index in [4.69, 9.17) is 9.97 Å². The molecular weight excluding hydrogens is 428 g/mol. The SMILES string of the molecule is CCN(CC)S(=O)(=O)c1cc(C(=O)N2CCCN(C)c3nc4ccccc4nc32)n(C)c1. The van der Waals surface area contributed by atoms with Gasteiger partial charge in [-0.1, -0.05) is 26.0 Å². The van der Waals surface area contributed by atoms with Gasteiger partial charge in [-0.3, -0.25) is 9.69 Å². The molecule has 1 amide bonds. The highest BCUT2D eigenvalue weighted by atomic mass is 32.2. The number of carbonyl (C=O) groups is 1. The molecule has 1 aliphatic rings. The zero-order valence-corrected chi connectivity index (χ0v) is 19.6. The molecule has 0 radical (unpaired) electrons. The number of nitrogens with zero attached hydrogens (tertiary/aromatic N) is 6. The van der Waals surface area contributed by atoms with Crippen LogP contribution in [0, 0.1) is 0 Å². The van der Waals surface area contributed by atoms with Crippen molar-refractivity contribution in [2.24, 2.45) is 7.05 Å². The van der Waals surface area contributed by atoms with Crippen LogP contribution < -0.4 is 9.80 Å². The molecule has 9 nitrogen and oxygen atoms in total. The number of carbonyl (C=O) groups excluding carboxylic acids is 1. The summed E-state index contributed by atoms with van der Waals surface area (Å²) in [5, 5.41) is 0. The average Bonchev–Trinajstić information content (AvgIpc) is 3.11. The molecule has 1 aliphatic heterocycles. The van der Waals surface area contributed by atoms with Crippen molar-refractivity contribution in [1.29, 1.82) is 0 Å². The van der Waals surface area contributed by atoms with Gasteiger partial charge in [-0.15, -0.1) is 0 Å². The molecule has 3 aromatic rings. The van der Waals surface area contributed by atoms with Crippen molar-refractivity contribution in [2.45, 2.75) is 25.2 Å². The predicted molar refractivity (Wildman–Crippen MR) is 125 cm³/mol. The quantitative estimate of drug-likeness (QED) is 0.586. The monoisotopic (exact) mass is 456 g/mol. The van der Waals surface area contributed by atoms with Crippen molar-refractivity contribution in [2.75, 3.05) is 43.0 Å². The van der Waals surface area contributed by atoms with E-state index in [2.05, 4.69) is 0 Å². The average molecular weight is 457 g/mol.